The van der Waals surface area contributed by atoms with Crippen molar-refractivity contribution in [1.82, 2.24) is 10.3 Å². The Bertz CT molecular complexity index is 590. The standard InChI is InChI=1S/C15H15N3S/c1-17-10-12-3-2-4-15(8-12)19-11-13-5-6-18-14(7-13)9-16/h2-8,17H,10-11H2,1H3. The van der Waals surface area contributed by atoms with E-state index in [0.29, 0.717) is 5.69 Å². The third kappa shape index (κ3) is 4.09. The zero-order chi connectivity index (χ0) is 13.5. The van der Waals surface area contributed by atoms with Crippen LogP contribution in [-0.4, -0.2) is 12.0 Å². The predicted octanol–water partition coefficient (Wildman–Crippen LogP) is 2.96. The van der Waals surface area contributed by atoms with Crippen molar-refractivity contribution >= 4 is 11.8 Å². The van der Waals surface area contributed by atoms with Crippen LogP contribution in [0, 0.1) is 11.3 Å². The largest absolute Gasteiger partial charge is 0.316 e. The Balaban J connectivity index is 2.01. The molecular weight excluding hydrogens is 254 g/mol. The maximum Gasteiger partial charge on any atom is 0.140 e. The summed E-state index contributed by atoms with van der Waals surface area (Å²) in [4.78, 5) is 5.21. The van der Waals surface area contributed by atoms with Gasteiger partial charge >= 0.3 is 0 Å². The molecule has 1 N–H and O–H groups in total. The maximum absolute atomic E-state index is 8.82. The molecule has 0 atom stereocenters. The molecule has 2 rings (SSSR count). The maximum atomic E-state index is 8.82. The Hall–Kier alpha value is -1.83. The van der Waals surface area contributed by atoms with Gasteiger partial charge in [-0.3, -0.25) is 0 Å². The molecule has 0 amide bonds. The van der Waals surface area contributed by atoms with Gasteiger partial charge in [0, 0.05) is 23.4 Å². The molecule has 1 aromatic carbocycles. The molecule has 1 heterocycles. The van der Waals surface area contributed by atoms with Gasteiger partial charge in [-0.05, 0) is 42.4 Å². The van der Waals surface area contributed by atoms with Crippen LogP contribution in [0.25, 0.3) is 0 Å². The SMILES string of the molecule is CNCc1cccc(SCc2ccnc(C#N)c2)c1. The van der Waals surface area contributed by atoms with Gasteiger partial charge in [-0.1, -0.05) is 12.1 Å². The van der Waals surface area contributed by atoms with Crippen molar-refractivity contribution in [3.63, 3.8) is 0 Å². The van der Waals surface area contributed by atoms with E-state index in [1.807, 2.05) is 19.2 Å². The summed E-state index contributed by atoms with van der Waals surface area (Å²) in [5.41, 5.74) is 2.87. The van der Waals surface area contributed by atoms with Crippen molar-refractivity contribution in [2.75, 3.05) is 7.05 Å². The van der Waals surface area contributed by atoms with Crippen LogP contribution in [0.4, 0.5) is 0 Å². The molecular formula is C15H15N3S. The second-order valence-electron chi connectivity index (χ2n) is 4.13. The van der Waals surface area contributed by atoms with Crippen LogP contribution >= 0.6 is 11.8 Å². The number of nitrogens with one attached hydrogen (secondary N) is 1. The first-order valence-electron chi connectivity index (χ1n) is 6.03. The highest BCUT2D eigenvalue weighted by molar-refractivity contribution is 7.98. The van der Waals surface area contributed by atoms with Crippen LogP contribution in [0.3, 0.4) is 0 Å². The van der Waals surface area contributed by atoms with Gasteiger partial charge in [0.05, 0.1) is 0 Å². The van der Waals surface area contributed by atoms with E-state index in [2.05, 4.69) is 40.6 Å². The number of benzene rings is 1. The number of nitriles is 1. The number of nitrogens with zero attached hydrogens (tertiary/aromatic N) is 2. The lowest BCUT2D eigenvalue weighted by Gasteiger charge is -2.05. The van der Waals surface area contributed by atoms with Crippen molar-refractivity contribution in [2.45, 2.75) is 17.2 Å². The quantitative estimate of drug-likeness (QED) is 0.848. The monoisotopic (exact) mass is 269 g/mol. The second-order valence-corrected chi connectivity index (χ2v) is 5.18. The molecule has 4 heteroatoms. The number of rotatable bonds is 5. The summed E-state index contributed by atoms with van der Waals surface area (Å²) >= 11 is 1.77. The van der Waals surface area contributed by atoms with Crippen molar-refractivity contribution in [3.05, 3.63) is 59.4 Å². The average molecular weight is 269 g/mol. The summed E-state index contributed by atoms with van der Waals surface area (Å²) < 4.78 is 0. The molecule has 19 heavy (non-hydrogen) atoms. The molecule has 0 aliphatic carbocycles. The summed E-state index contributed by atoms with van der Waals surface area (Å²) in [6.07, 6.45) is 1.69. The van der Waals surface area contributed by atoms with E-state index in [4.69, 9.17) is 5.26 Å². The van der Waals surface area contributed by atoms with Crippen LogP contribution < -0.4 is 5.32 Å². The van der Waals surface area contributed by atoms with Gasteiger partial charge in [0.15, 0.2) is 0 Å². The number of aromatic nitrogens is 1. The fourth-order valence-electron chi connectivity index (χ4n) is 1.74. The lowest BCUT2D eigenvalue weighted by Crippen LogP contribution is -2.04. The summed E-state index contributed by atoms with van der Waals surface area (Å²) in [5, 5.41) is 12.0. The van der Waals surface area contributed by atoms with Gasteiger partial charge in [-0.15, -0.1) is 11.8 Å². The van der Waals surface area contributed by atoms with E-state index >= 15 is 0 Å². The Morgan fingerprint density at radius 3 is 2.95 bits per heavy atom. The zero-order valence-electron chi connectivity index (χ0n) is 10.8. The molecule has 2 aromatic rings. The minimum Gasteiger partial charge on any atom is -0.316 e. The lowest BCUT2D eigenvalue weighted by atomic mass is 10.2. The molecule has 0 spiro atoms. The van der Waals surface area contributed by atoms with E-state index < -0.39 is 0 Å². The van der Waals surface area contributed by atoms with E-state index in [1.165, 1.54) is 10.5 Å². The van der Waals surface area contributed by atoms with Gasteiger partial charge in [0.1, 0.15) is 11.8 Å². The van der Waals surface area contributed by atoms with Crippen LogP contribution in [0.2, 0.25) is 0 Å². The van der Waals surface area contributed by atoms with Crippen molar-refractivity contribution in [2.24, 2.45) is 0 Å². The Labute approximate surface area is 117 Å². The van der Waals surface area contributed by atoms with Crippen molar-refractivity contribution < 1.29 is 0 Å². The Kier molecular flexibility index (Phi) is 4.96. The summed E-state index contributed by atoms with van der Waals surface area (Å²) in [6.45, 7) is 0.877. The number of hydrogen-bond acceptors (Lipinski definition) is 4. The predicted molar refractivity (Wildman–Crippen MR) is 77.7 cm³/mol. The Morgan fingerprint density at radius 1 is 1.26 bits per heavy atom. The molecule has 1 aromatic heterocycles. The third-order valence-corrected chi connectivity index (χ3v) is 3.69. The lowest BCUT2D eigenvalue weighted by molar-refractivity contribution is 0.815. The second kappa shape index (κ2) is 6.93. The van der Waals surface area contributed by atoms with Gasteiger partial charge < -0.3 is 5.32 Å². The highest BCUT2D eigenvalue weighted by atomic mass is 32.2. The van der Waals surface area contributed by atoms with E-state index in [-0.39, 0.29) is 0 Å². The minimum atomic E-state index is 0.474. The van der Waals surface area contributed by atoms with Crippen LogP contribution in [0.15, 0.2) is 47.5 Å². The third-order valence-electron chi connectivity index (χ3n) is 2.62. The van der Waals surface area contributed by atoms with Crippen LogP contribution in [0.1, 0.15) is 16.8 Å². The molecule has 0 radical (unpaired) electrons. The molecule has 0 aliphatic rings. The number of pyridine rings is 1. The average Bonchev–Trinajstić information content (AvgIpc) is 2.46. The highest BCUT2D eigenvalue weighted by Crippen LogP contribution is 2.23. The molecule has 0 unspecified atom stereocenters. The molecule has 96 valence electrons. The molecule has 0 saturated carbocycles. The molecule has 3 nitrogen and oxygen atoms in total. The minimum absolute atomic E-state index is 0.474. The summed E-state index contributed by atoms with van der Waals surface area (Å²) in [5.74, 6) is 0.847. The van der Waals surface area contributed by atoms with E-state index in [0.717, 1.165) is 17.9 Å². The van der Waals surface area contributed by atoms with E-state index in [9.17, 15) is 0 Å². The number of thioether (sulfide) groups is 1. The zero-order valence-corrected chi connectivity index (χ0v) is 11.6. The van der Waals surface area contributed by atoms with Gasteiger partial charge in [-0.25, -0.2) is 4.98 Å². The molecule has 0 aliphatic heterocycles. The van der Waals surface area contributed by atoms with E-state index in [1.54, 1.807) is 18.0 Å². The fraction of sp³-hybridized carbons (Fsp3) is 0.200. The number of hydrogen-bond donors (Lipinski definition) is 1. The molecule has 0 fully saturated rings. The first kappa shape index (κ1) is 13.6. The fourth-order valence-corrected chi connectivity index (χ4v) is 2.66. The van der Waals surface area contributed by atoms with Crippen LogP contribution in [-0.2, 0) is 12.3 Å². The first-order chi connectivity index (χ1) is 9.31. The molecule has 0 bridgehead atoms. The summed E-state index contributed by atoms with van der Waals surface area (Å²) in [7, 11) is 1.94. The normalized spacial score (nSPS) is 10.1. The van der Waals surface area contributed by atoms with Crippen LogP contribution in [0.5, 0.6) is 0 Å². The van der Waals surface area contributed by atoms with Crippen molar-refractivity contribution in [3.8, 4) is 6.07 Å². The van der Waals surface area contributed by atoms with Gasteiger partial charge in [-0.2, -0.15) is 5.26 Å². The summed E-state index contributed by atoms with van der Waals surface area (Å²) in [6, 6.07) is 14.3. The van der Waals surface area contributed by atoms with Crippen molar-refractivity contribution in [1.29, 1.82) is 5.26 Å². The highest BCUT2D eigenvalue weighted by Gasteiger charge is 2.00. The Morgan fingerprint density at radius 2 is 2.16 bits per heavy atom. The van der Waals surface area contributed by atoms with Gasteiger partial charge in [0.2, 0.25) is 0 Å². The van der Waals surface area contributed by atoms with Gasteiger partial charge in [0.25, 0.3) is 0 Å². The topological polar surface area (TPSA) is 48.7 Å². The molecule has 0 saturated heterocycles. The smallest absolute Gasteiger partial charge is 0.140 e. The first-order valence-corrected chi connectivity index (χ1v) is 7.02.